The summed E-state index contributed by atoms with van der Waals surface area (Å²) in [6, 6.07) is 0. The molecule has 0 aromatic heterocycles. The fourth-order valence-corrected chi connectivity index (χ4v) is 1.52. The molecule has 0 saturated carbocycles. The van der Waals surface area contributed by atoms with Gasteiger partial charge in [0.25, 0.3) is 0 Å². The molecule has 0 aromatic carbocycles. The number of aliphatic hydroxyl groups excluding tert-OH is 1. The van der Waals surface area contributed by atoms with Gasteiger partial charge >= 0.3 is 5.97 Å². The first-order valence-corrected chi connectivity index (χ1v) is 4.93. The molecule has 13 heavy (non-hydrogen) atoms. The quantitative estimate of drug-likeness (QED) is 0.581. The maximum atomic E-state index is 11.1. The number of hydrogen-bond donors (Lipinski definition) is 1. The van der Waals surface area contributed by atoms with Gasteiger partial charge in [-0.05, 0) is 18.8 Å². The van der Waals surface area contributed by atoms with Crippen molar-refractivity contribution in [1.82, 2.24) is 0 Å². The molecule has 0 radical (unpaired) electrons. The van der Waals surface area contributed by atoms with Gasteiger partial charge in [-0.15, -0.1) is 0 Å². The Bertz CT molecular complexity index is 179. The van der Waals surface area contributed by atoms with Crippen LogP contribution in [0.25, 0.3) is 0 Å². The molecule has 3 nitrogen and oxygen atoms in total. The van der Waals surface area contributed by atoms with E-state index < -0.39 is 0 Å². The summed E-state index contributed by atoms with van der Waals surface area (Å²) < 4.78 is 5.02. The van der Waals surface area contributed by atoms with Gasteiger partial charge in [-0.2, -0.15) is 0 Å². The zero-order valence-electron chi connectivity index (χ0n) is 8.32. The first-order valence-electron chi connectivity index (χ1n) is 4.93. The average Bonchev–Trinajstić information content (AvgIpc) is 2.12. The Morgan fingerprint density at radius 3 is 2.77 bits per heavy atom. The Morgan fingerprint density at radius 2 is 2.08 bits per heavy atom. The van der Waals surface area contributed by atoms with Crippen LogP contribution in [0.3, 0.4) is 0 Å². The lowest BCUT2D eigenvalue weighted by molar-refractivity contribution is -0.146. The minimum Gasteiger partial charge on any atom is -0.465 e. The zero-order valence-corrected chi connectivity index (χ0v) is 8.32. The molecule has 1 aliphatic heterocycles. The minimum absolute atomic E-state index is 0.0641. The predicted octanol–water partition coefficient (Wildman–Crippen LogP) is 1.35. The van der Waals surface area contributed by atoms with Crippen molar-refractivity contribution in [3.63, 3.8) is 0 Å². The number of hydrogen-bond acceptors (Lipinski definition) is 3. The first-order chi connectivity index (χ1) is 6.09. The van der Waals surface area contributed by atoms with E-state index in [2.05, 4.69) is 0 Å². The Kier molecular flexibility index (Phi) is 3.72. The van der Waals surface area contributed by atoms with Crippen molar-refractivity contribution in [2.45, 2.75) is 39.2 Å². The van der Waals surface area contributed by atoms with Crippen LogP contribution in [0, 0.1) is 11.8 Å². The molecule has 3 atom stereocenters. The number of aliphatic hydroxyl groups is 1. The maximum Gasteiger partial charge on any atom is 0.306 e. The second-order valence-electron chi connectivity index (χ2n) is 4.11. The van der Waals surface area contributed by atoms with Crippen LogP contribution in [-0.2, 0) is 9.53 Å². The summed E-state index contributed by atoms with van der Waals surface area (Å²) >= 11 is 0. The molecule has 1 heterocycles. The van der Waals surface area contributed by atoms with Crippen molar-refractivity contribution in [1.29, 1.82) is 0 Å². The third-order valence-corrected chi connectivity index (χ3v) is 2.63. The van der Waals surface area contributed by atoms with E-state index in [0.717, 1.165) is 12.8 Å². The highest BCUT2D eigenvalue weighted by Gasteiger charge is 2.21. The van der Waals surface area contributed by atoms with Gasteiger partial charge in [-0.25, -0.2) is 0 Å². The maximum absolute atomic E-state index is 11.1. The average molecular weight is 186 g/mol. The molecule has 1 saturated heterocycles. The van der Waals surface area contributed by atoms with Crippen molar-refractivity contribution >= 4 is 5.97 Å². The number of carbonyl (C=O) groups is 1. The van der Waals surface area contributed by atoms with Gasteiger partial charge < -0.3 is 9.84 Å². The van der Waals surface area contributed by atoms with E-state index in [0.29, 0.717) is 18.9 Å². The third kappa shape index (κ3) is 3.35. The Balaban J connectivity index is 2.52. The van der Waals surface area contributed by atoms with E-state index in [-0.39, 0.29) is 18.0 Å². The molecule has 3 unspecified atom stereocenters. The lowest BCUT2D eigenvalue weighted by Gasteiger charge is -2.16. The molecule has 0 spiro atoms. The van der Waals surface area contributed by atoms with Gasteiger partial charge in [0.15, 0.2) is 0 Å². The predicted molar refractivity (Wildman–Crippen MR) is 49.1 cm³/mol. The Hall–Kier alpha value is -0.570. The summed E-state index contributed by atoms with van der Waals surface area (Å²) in [7, 11) is 0. The van der Waals surface area contributed by atoms with Crippen LogP contribution >= 0.6 is 0 Å². The van der Waals surface area contributed by atoms with Gasteiger partial charge in [0.05, 0.1) is 12.7 Å². The summed E-state index contributed by atoms with van der Waals surface area (Å²) in [5.41, 5.74) is 0. The highest BCUT2D eigenvalue weighted by Crippen LogP contribution is 2.19. The molecule has 0 bridgehead atoms. The fourth-order valence-electron chi connectivity index (χ4n) is 1.52. The molecule has 0 aromatic rings. The standard InChI is InChI=1S/C10H18O3/c1-7-3-4-9(11)8(2)6-13-10(12)5-7/h7-9,11H,3-6H2,1-2H3. The molecule has 0 amide bonds. The topological polar surface area (TPSA) is 46.5 Å². The lowest BCUT2D eigenvalue weighted by Crippen LogP contribution is -2.22. The van der Waals surface area contributed by atoms with Crippen LogP contribution in [0.15, 0.2) is 0 Å². The SMILES string of the molecule is CC1CCC(O)C(C)COC(=O)C1. The molecule has 76 valence electrons. The molecule has 0 aliphatic carbocycles. The van der Waals surface area contributed by atoms with Crippen molar-refractivity contribution < 1.29 is 14.6 Å². The zero-order chi connectivity index (χ0) is 9.84. The highest BCUT2D eigenvalue weighted by atomic mass is 16.5. The first kappa shape index (κ1) is 10.5. The van der Waals surface area contributed by atoms with Crippen LogP contribution in [0.4, 0.5) is 0 Å². The lowest BCUT2D eigenvalue weighted by atomic mass is 9.96. The van der Waals surface area contributed by atoms with Crippen molar-refractivity contribution in [2.75, 3.05) is 6.61 Å². The minimum atomic E-state index is -0.326. The molecule has 1 N–H and O–H groups in total. The second kappa shape index (κ2) is 4.61. The van der Waals surface area contributed by atoms with Crippen molar-refractivity contribution in [2.24, 2.45) is 11.8 Å². The normalized spacial score (nSPS) is 37.2. The summed E-state index contributed by atoms with van der Waals surface area (Å²) in [5.74, 6) is 0.259. The van der Waals surface area contributed by atoms with Gasteiger partial charge in [-0.3, -0.25) is 4.79 Å². The van der Waals surface area contributed by atoms with Crippen LogP contribution in [0.1, 0.15) is 33.1 Å². The van der Waals surface area contributed by atoms with Gasteiger partial charge in [-0.1, -0.05) is 13.8 Å². The second-order valence-corrected chi connectivity index (χ2v) is 4.11. The summed E-state index contributed by atoms with van der Waals surface area (Å²) in [6.45, 7) is 4.28. The number of cyclic esters (lactones) is 1. The third-order valence-electron chi connectivity index (χ3n) is 2.63. The number of rotatable bonds is 0. The van der Waals surface area contributed by atoms with Crippen LogP contribution < -0.4 is 0 Å². The van der Waals surface area contributed by atoms with Crippen molar-refractivity contribution in [3.8, 4) is 0 Å². The molecule has 1 aliphatic rings. The highest BCUT2D eigenvalue weighted by molar-refractivity contribution is 5.69. The molecule has 3 heteroatoms. The van der Waals surface area contributed by atoms with Crippen LogP contribution in [0.5, 0.6) is 0 Å². The van der Waals surface area contributed by atoms with Crippen LogP contribution in [-0.4, -0.2) is 23.8 Å². The van der Waals surface area contributed by atoms with E-state index in [1.165, 1.54) is 0 Å². The number of carbonyl (C=O) groups excluding carboxylic acids is 1. The largest absolute Gasteiger partial charge is 0.465 e. The molecule has 1 fully saturated rings. The van der Waals surface area contributed by atoms with Crippen LogP contribution in [0.2, 0.25) is 0 Å². The summed E-state index contributed by atoms with van der Waals surface area (Å²) in [6.07, 6.45) is 1.84. The van der Waals surface area contributed by atoms with E-state index >= 15 is 0 Å². The molecular weight excluding hydrogens is 168 g/mol. The monoisotopic (exact) mass is 186 g/mol. The molecular formula is C10H18O3. The molecule has 1 rings (SSSR count). The Labute approximate surface area is 79.1 Å². The fraction of sp³-hybridized carbons (Fsp3) is 0.900. The van der Waals surface area contributed by atoms with E-state index in [4.69, 9.17) is 4.74 Å². The van der Waals surface area contributed by atoms with E-state index in [1.807, 2.05) is 13.8 Å². The summed E-state index contributed by atoms with van der Waals surface area (Å²) in [5, 5.41) is 9.62. The van der Waals surface area contributed by atoms with Gasteiger partial charge in [0.2, 0.25) is 0 Å². The number of esters is 1. The van der Waals surface area contributed by atoms with Gasteiger partial charge in [0.1, 0.15) is 0 Å². The summed E-state index contributed by atoms with van der Waals surface area (Å²) in [4.78, 5) is 11.1. The van der Waals surface area contributed by atoms with Gasteiger partial charge in [0, 0.05) is 12.3 Å². The van der Waals surface area contributed by atoms with E-state index in [9.17, 15) is 9.90 Å². The van der Waals surface area contributed by atoms with Crippen molar-refractivity contribution in [3.05, 3.63) is 0 Å². The Morgan fingerprint density at radius 1 is 1.38 bits per heavy atom. The smallest absolute Gasteiger partial charge is 0.306 e. The number of ether oxygens (including phenoxy) is 1. The van der Waals surface area contributed by atoms with E-state index in [1.54, 1.807) is 0 Å².